The predicted octanol–water partition coefficient (Wildman–Crippen LogP) is 7.36. The minimum Gasteiger partial charge on any atom is -0.385 e. The van der Waals surface area contributed by atoms with E-state index in [1.54, 1.807) is 0 Å². The predicted molar refractivity (Wildman–Crippen MR) is 105 cm³/mol. The normalized spacial score (nSPS) is 13.9. The van der Waals surface area contributed by atoms with Crippen molar-refractivity contribution in [3.63, 3.8) is 0 Å². The second-order valence-electron chi connectivity index (χ2n) is 6.83. The molecule has 0 saturated heterocycles. The first-order valence-corrected chi connectivity index (χ1v) is 10.4. The van der Waals surface area contributed by atoms with Crippen molar-refractivity contribution >= 4 is 15.9 Å². The second kappa shape index (κ2) is 12.1. The number of rotatable bonds is 13. The zero-order valence-corrected chi connectivity index (χ0v) is 16.7. The molecule has 0 bridgehead atoms. The van der Waals surface area contributed by atoms with Crippen LogP contribution in [0.2, 0.25) is 0 Å². The molecule has 1 nitrogen and oxygen atoms in total. The van der Waals surface area contributed by atoms with Crippen LogP contribution < -0.4 is 0 Å². The SMILES string of the molecule is CCCCCCCCCCCC[C@](O)(CC)c1cccc(Br)c1. The Balaban J connectivity index is 2.18. The lowest BCUT2D eigenvalue weighted by Gasteiger charge is -2.27. The van der Waals surface area contributed by atoms with Crippen LogP contribution in [-0.4, -0.2) is 5.11 Å². The summed E-state index contributed by atoms with van der Waals surface area (Å²) in [5.74, 6) is 0. The third kappa shape index (κ3) is 8.35. The molecular weight excluding hydrogens is 348 g/mol. The highest BCUT2D eigenvalue weighted by atomic mass is 79.9. The van der Waals surface area contributed by atoms with Crippen molar-refractivity contribution in [2.24, 2.45) is 0 Å². The zero-order chi connectivity index (χ0) is 17.0. The summed E-state index contributed by atoms with van der Waals surface area (Å²) in [7, 11) is 0. The van der Waals surface area contributed by atoms with Crippen molar-refractivity contribution in [2.45, 2.75) is 96.5 Å². The number of unbranched alkanes of at least 4 members (excludes halogenated alkanes) is 9. The van der Waals surface area contributed by atoms with Gasteiger partial charge >= 0.3 is 0 Å². The summed E-state index contributed by atoms with van der Waals surface area (Å²) in [6.07, 6.45) is 15.0. The fourth-order valence-corrected chi connectivity index (χ4v) is 3.61. The highest BCUT2D eigenvalue weighted by Crippen LogP contribution is 2.32. The summed E-state index contributed by atoms with van der Waals surface area (Å²) in [4.78, 5) is 0. The van der Waals surface area contributed by atoms with Gasteiger partial charge in [0.05, 0.1) is 5.60 Å². The molecule has 0 heterocycles. The number of aliphatic hydroxyl groups is 1. The van der Waals surface area contributed by atoms with Crippen molar-refractivity contribution in [1.29, 1.82) is 0 Å². The van der Waals surface area contributed by atoms with Crippen molar-refractivity contribution in [3.8, 4) is 0 Å². The van der Waals surface area contributed by atoms with Crippen LogP contribution in [0, 0.1) is 0 Å². The maximum absolute atomic E-state index is 10.9. The lowest BCUT2D eigenvalue weighted by Crippen LogP contribution is -2.24. The average molecular weight is 383 g/mol. The Kier molecular flexibility index (Phi) is 10.9. The quantitative estimate of drug-likeness (QED) is 0.353. The molecule has 132 valence electrons. The fraction of sp³-hybridized carbons (Fsp3) is 0.714. The molecule has 0 unspecified atom stereocenters. The first-order chi connectivity index (χ1) is 11.1. The van der Waals surface area contributed by atoms with Crippen LogP contribution in [0.4, 0.5) is 0 Å². The molecule has 0 aliphatic heterocycles. The maximum Gasteiger partial charge on any atom is 0.0894 e. The van der Waals surface area contributed by atoms with Crippen LogP contribution in [0.5, 0.6) is 0 Å². The van der Waals surface area contributed by atoms with Gasteiger partial charge in [-0.2, -0.15) is 0 Å². The molecule has 0 radical (unpaired) electrons. The van der Waals surface area contributed by atoms with Crippen LogP contribution in [-0.2, 0) is 5.60 Å². The van der Waals surface area contributed by atoms with Gasteiger partial charge in [-0.25, -0.2) is 0 Å². The molecule has 0 aliphatic carbocycles. The summed E-state index contributed by atoms with van der Waals surface area (Å²) in [5.41, 5.74) is 0.384. The average Bonchev–Trinajstić information content (AvgIpc) is 2.56. The Morgan fingerprint density at radius 1 is 0.870 bits per heavy atom. The number of benzene rings is 1. The van der Waals surface area contributed by atoms with E-state index >= 15 is 0 Å². The molecule has 1 atom stereocenters. The van der Waals surface area contributed by atoms with E-state index < -0.39 is 5.60 Å². The Bertz CT molecular complexity index is 418. The lowest BCUT2D eigenvalue weighted by atomic mass is 9.86. The Hall–Kier alpha value is -0.340. The van der Waals surface area contributed by atoms with Crippen LogP contribution >= 0.6 is 15.9 Å². The second-order valence-corrected chi connectivity index (χ2v) is 7.74. The minimum atomic E-state index is -0.663. The molecule has 0 aliphatic rings. The molecule has 1 N–H and O–H groups in total. The molecule has 0 aromatic heterocycles. The van der Waals surface area contributed by atoms with E-state index in [-0.39, 0.29) is 0 Å². The first kappa shape index (κ1) is 20.7. The zero-order valence-electron chi connectivity index (χ0n) is 15.1. The van der Waals surface area contributed by atoms with E-state index in [1.165, 1.54) is 57.8 Å². The number of halogens is 1. The van der Waals surface area contributed by atoms with Crippen molar-refractivity contribution in [1.82, 2.24) is 0 Å². The Morgan fingerprint density at radius 3 is 1.96 bits per heavy atom. The van der Waals surface area contributed by atoms with Crippen LogP contribution in [0.15, 0.2) is 28.7 Å². The van der Waals surface area contributed by atoms with E-state index in [4.69, 9.17) is 0 Å². The Morgan fingerprint density at radius 2 is 1.43 bits per heavy atom. The van der Waals surface area contributed by atoms with Gasteiger partial charge in [0.25, 0.3) is 0 Å². The molecule has 1 rings (SSSR count). The van der Waals surface area contributed by atoms with Gasteiger partial charge in [0.1, 0.15) is 0 Å². The van der Waals surface area contributed by atoms with Crippen LogP contribution in [0.3, 0.4) is 0 Å². The largest absolute Gasteiger partial charge is 0.385 e. The van der Waals surface area contributed by atoms with Gasteiger partial charge in [-0.3, -0.25) is 0 Å². The van der Waals surface area contributed by atoms with Gasteiger partial charge in [-0.05, 0) is 30.5 Å². The van der Waals surface area contributed by atoms with Gasteiger partial charge < -0.3 is 5.11 Å². The summed E-state index contributed by atoms with van der Waals surface area (Å²) in [6.45, 7) is 4.35. The monoisotopic (exact) mass is 382 g/mol. The van der Waals surface area contributed by atoms with E-state index in [2.05, 4.69) is 35.8 Å². The van der Waals surface area contributed by atoms with Gasteiger partial charge in [0.15, 0.2) is 0 Å². The fourth-order valence-electron chi connectivity index (χ4n) is 3.21. The molecule has 0 spiro atoms. The van der Waals surface area contributed by atoms with Crippen molar-refractivity contribution in [3.05, 3.63) is 34.3 Å². The summed E-state index contributed by atoms with van der Waals surface area (Å²) in [5, 5.41) is 10.9. The summed E-state index contributed by atoms with van der Waals surface area (Å²) < 4.78 is 1.05. The minimum absolute atomic E-state index is 0.663. The van der Waals surface area contributed by atoms with Gasteiger partial charge in [-0.1, -0.05) is 106 Å². The van der Waals surface area contributed by atoms with E-state index in [0.29, 0.717) is 0 Å². The highest BCUT2D eigenvalue weighted by Gasteiger charge is 2.26. The highest BCUT2D eigenvalue weighted by molar-refractivity contribution is 9.10. The van der Waals surface area contributed by atoms with E-state index in [9.17, 15) is 5.11 Å². The molecule has 2 heteroatoms. The number of hydrogen-bond acceptors (Lipinski definition) is 1. The van der Waals surface area contributed by atoms with Gasteiger partial charge in [-0.15, -0.1) is 0 Å². The number of hydrogen-bond donors (Lipinski definition) is 1. The first-order valence-electron chi connectivity index (χ1n) is 9.61. The third-order valence-corrected chi connectivity index (χ3v) is 5.38. The van der Waals surface area contributed by atoms with Crippen LogP contribution in [0.25, 0.3) is 0 Å². The van der Waals surface area contributed by atoms with Gasteiger partial charge in [0.2, 0.25) is 0 Å². The molecule has 0 amide bonds. The van der Waals surface area contributed by atoms with E-state index in [0.717, 1.165) is 29.3 Å². The van der Waals surface area contributed by atoms with Gasteiger partial charge in [0, 0.05) is 4.47 Å². The smallest absolute Gasteiger partial charge is 0.0894 e. The molecule has 23 heavy (non-hydrogen) atoms. The maximum atomic E-state index is 10.9. The Labute approximate surface area is 152 Å². The molecular formula is C21H35BrO. The summed E-state index contributed by atoms with van der Waals surface area (Å²) in [6, 6.07) is 8.13. The summed E-state index contributed by atoms with van der Waals surface area (Å²) >= 11 is 3.51. The van der Waals surface area contributed by atoms with Crippen molar-refractivity contribution in [2.75, 3.05) is 0 Å². The van der Waals surface area contributed by atoms with E-state index in [1.807, 2.05) is 18.2 Å². The molecule has 0 fully saturated rings. The topological polar surface area (TPSA) is 20.2 Å². The van der Waals surface area contributed by atoms with Crippen LogP contribution in [0.1, 0.15) is 96.5 Å². The van der Waals surface area contributed by atoms with Crippen molar-refractivity contribution < 1.29 is 5.11 Å². The third-order valence-electron chi connectivity index (χ3n) is 4.89. The molecule has 0 saturated carbocycles. The lowest BCUT2D eigenvalue weighted by molar-refractivity contribution is 0.0206. The standard InChI is InChI=1S/C21H35BrO/c1-3-5-6-7-8-9-10-11-12-13-17-21(23,4-2)19-15-14-16-20(22)18-19/h14-16,18,23H,3-13,17H2,1-2H3/t21-/m1/s1. The molecule has 1 aromatic carbocycles. The molecule has 1 aromatic rings.